The van der Waals surface area contributed by atoms with E-state index in [0.717, 1.165) is 0 Å². The minimum Gasteiger partial charge on any atom is -0.390 e. The lowest BCUT2D eigenvalue weighted by Gasteiger charge is -2.25. The third kappa shape index (κ3) is 3.87. The van der Waals surface area contributed by atoms with Crippen molar-refractivity contribution in [3.05, 3.63) is 32.6 Å². The summed E-state index contributed by atoms with van der Waals surface area (Å²) in [5.74, 6) is -0.324. The molecule has 1 aliphatic rings. The Labute approximate surface area is 139 Å². The van der Waals surface area contributed by atoms with Crippen LogP contribution in [0.1, 0.15) is 25.1 Å². The molecule has 1 fully saturated rings. The van der Waals surface area contributed by atoms with E-state index in [0.29, 0.717) is 5.56 Å². The largest absolute Gasteiger partial charge is 0.390 e. The summed E-state index contributed by atoms with van der Waals surface area (Å²) in [4.78, 5) is 25.6. The van der Waals surface area contributed by atoms with Crippen molar-refractivity contribution in [1.82, 2.24) is 9.55 Å². The first-order chi connectivity index (χ1) is 11.2. The van der Waals surface area contributed by atoms with Crippen molar-refractivity contribution < 1.29 is 23.5 Å². The number of aromatic nitrogens is 2. The van der Waals surface area contributed by atoms with Gasteiger partial charge in [-0.15, -0.1) is 0 Å². The first-order valence-electron chi connectivity index (χ1n) is 7.57. The van der Waals surface area contributed by atoms with Gasteiger partial charge in [-0.3, -0.25) is 18.9 Å². The van der Waals surface area contributed by atoms with Crippen LogP contribution in [0.4, 0.5) is 0 Å². The molecule has 0 bridgehead atoms. The predicted molar refractivity (Wildman–Crippen MR) is 86.2 cm³/mol. The zero-order valence-electron chi connectivity index (χ0n) is 14.1. The maximum absolute atomic E-state index is 12.2. The molecule has 136 valence electrons. The summed E-state index contributed by atoms with van der Waals surface area (Å²) in [5, 5.41) is 10.3. The zero-order valence-corrected chi connectivity index (χ0v) is 15.0. The lowest BCUT2D eigenvalue weighted by Crippen LogP contribution is -2.34. The van der Waals surface area contributed by atoms with Crippen molar-refractivity contribution >= 4 is 7.60 Å². The highest BCUT2D eigenvalue weighted by Crippen LogP contribution is 2.49. The number of nitrogens with one attached hydrogen (secondary N) is 1. The van der Waals surface area contributed by atoms with Crippen LogP contribution in [0.15, 0.2) is 15.8 Å². The first kappa shape index (κ1) is 19.1. The Morgan fingerprint density at radius 3 is 2.67 bits per heavy atom. The molecule has 4 atom stereocenters. The Morgan fingerprint density at radius 1 is 1.46 bits per heavy atom. The Hall–Kier alpha value is -1.25. The second-order valence-corrected chi connectivity index (χ2v) is 8.29. The molecule has 9 nitrogen and oxygen atoms in total. The highest BCUT2D eigenvalue weighted by Gasteiger charge is 2.41. The summed E-state index contributed by atoms with van der Waals surface area (Å²) in [6.45, 7) is 3.34. The van der Waals surface area contributed by atoms with Crippen LogP contribution >= 0.6 is 7.60 Å². The van der Waals surface area contributed by atoms with Gasteiger partial charge in [0.2, 0.25) is 0 Å². The second kappa shape index (κ2) is 7.33. The van der Waals surface area contributed by atoms with Crippen LogP contribution in [0.2, 0.25) is 0 Å². The molecule has 2 N–H and O–H groups in total. The molecule has 1 aromatic rings. The second-order valence-electron chi connectivity index (χ2n) is 5.97. The summed E-state index contributed by atoms with van der Waals surface area (Å²) in [6.07, 6.45) is -0.515. The summed E-state index contributed by atoms with van der Waals surface area (Å²) < 4.78 is 29.1. The van der Waals surface area contributed by atoms with Crippen LogP contribution in [-0.2, 0) is 18.3 Å². The van der Waals surface area contributed by atoms with Crippen LogP contribution in [0.5, 0.6) is 0 Å². The molecule has 0 amide bonds. The SMILES string of the molecule is COP(=O)(C[C@H](C)C1O[C@@H](n2cc(C)c(=O)[nH]c2=O)C[C@H]1O)OC. The van der Waals surface area contributed by atoms with Crippen molar-refractivity contribution in [1.29, 1.82) is 0 Å². The average Bonchev–Trinajstić information content (AvgIpc) is 2.92. The number of hydrogen-bond acceptors (Lipinski definition) is 7. The number of aliphatic hydroxyl groups is 1. The molecule has 2 heterocycles. The standard InChI is InChI=1S/C14H23N2O7P/c1-8-6-16(14(19)15-13(8)18)11-5-10(17)12(23-11)9(2)7-24(20,21-3)22-4/h6,9-12,17H,5,7H2,1-4H3,(H,15,18,19)/t9-,10+,11+,12?/m0/s1. The first-order valence-corrected chi connectivity index (χ1v) is 9.29. The highest BCUT2D eigenvalue weighted by molar-refractivity contribution is 7.53. The molecule has 0 saturated carbocycles. The fraction of sp³-hybridized carbons (Fsp3) is 0.714. The number of aromatic amines is 1. The highest BCUT2D eigenvalue weighted by atomic mass is 31.2. The van der Waals surface area contributed by atoms with Gasteiger partial charge in [-0.2, -0.15) is 0 Å². The number of ether oxygens (including phenoxy) is 1. The van der Waals surface area contributed by atoms with E-state index < -0.39 is 37.3 Å². The van der Waals surface area contributed by atoms with Crippen LogP contribution in [0.25, 0.3) is 0 Å². The summed E-state index contributed by atoms with van der Waals surface area (Å²) in [5.41, 5.74) is -0.691. The molecule has 24 heavy (non-hydrogen) atoms. The fourth-order valence-corrected chi connectivity index (χ4v) is 4.20. The van der Waals surface area contributed by atoms with Crippen molar-refractivity contribution in [2.45, 2.75) is 38.7 Å². The Balaban J connectivity index is 2.18. The van der Waals surface area contributed by atoms with Crippen LogP contribution in [0, 0.1) is 12.8 Å². The fourth-order valence-electron chi connectivity index (χ4n) is 2.84. The number of rotatable bonds is 6. The minimum absolute atomic E-state index is 0.0774. The smallest absolute Gasteiger partial charge is 0.330 e. The van der Waals surface area contributed by atoms with Gasteiger partial charge in [0.1, 0.15) is 6.23 Å². The van der Waals surface area contributed by atoms with Gasteiger partial charge in [0.15, 0.2) is 0 Å². The van der Waals surface area contributed by atoms with Crippen LogP contribution in [-0.4, -0.2) is 47.2 Å². The predicted octanol–water partition coefficient (Wildman–Crippen LogP) is 0.615. The van der Waals surface area contributed by atoms with Crippen molar-refractivity contribution in [3.63, 3.8) is 0 Å². The maximum atomic E-state index is 12.2. The molecule has 0 spiro atoms. The van der Waals surface area contributed by atoms with E-state index in [4.69, 9.17) is 13.8 Å². The molecule has 0 aromatic carbocycles. The Morgan fingerprint density at radius 2 is 2.08 bits per heavy atom. The molecule has 1 saturated heterocycles. The zero-order chi connectivity index (χ0) is 18.1. The third-order valence-corrected chi connectivity index (χ3v) is 6.36. The minimum atomic E-state index is -3.24. The quantitative estimate of drug-likeness (QED) is 0.712. The van der Waals surface area contributed by atoms with E-state index in [1.165, 1.54) is 25.0 Å². The maximum Gasteiger partial charge on any atom is 0.330 e. The number of aryl methyl sites for hydroxylation is 1. The van der Waals surface area contributed by atoms with Gasteiger partial charge in [0, 0.05) is 32.4 Å². The van der Waals surface area contributed by atoms with E-state index in [-0.39, 0.29) is 18.5 Å². The lowest BCUT2D eigenvalue weighted by atomic mass is 10.0. The van der Waals surface area contributed by atoms with Gasteiger partial charge < -0.3 is 18.9 Å². The van der Waals surface area contributed by atoms with Crippen LogP contribution < -0.4 is 11.2 Å². The monoisotopic (exact) mass is 362 g/mol. The lowest BCUT2D eigenvalue weighted by molar-refractivity contribution is -0.0433. The van der Waals surface area contributed by atoms with Gasteiger partial charge in [-0.05, 0) is 12.8 Å². The molecule has 1 aliphatic heterocycles. The summed E-state index contributed by atoms with van der Waals surface area (Å²) in [7, 11) is -0.639. The van der Waals surface area contributed by atoms with Gasteiger partial charge in [-0.1, -0.05) is 6.92 Å². The summed E-state index contributed by atoms with van der Waals surface area (Å²) >= 11 is 0. The molecule has 1 aromatic heterocycles. The Bertz CT molecular complexity index is 735. The van der Waals surface area contributed by atoms with Gasteiger partial charge in [0.25, 0.3) is 5.56 Å². The van der Waals surface area contributed by atoms with Crippen molar-refractivity contribution in [2.75, 3.05) is 20.4 Å². The third-order valence-electron chi connectivity index (χ3n) is 4.22. The van der Waals surface area contributed by atoms with E-state index in [2.05, 4.69) is 4.98 Å². The van der Waals surface area contributed by atoms with Gasteiger partial charge in [-0.25, -0.2) is 4.79 Å². The van der Waals surface area contributed by atoms with E-state index in [1.807, 2.05) is 0 Å². The number of aliphatic hydroxyl groups excluding tert-OH is 1. The topological polar surface area (TPSA) is 120 Å². The normalized spacial score (nSPS) is 25.8. The van der Waals surface area contributed by atoms with Crippen molar-refractivity contribution in [3.8, 4) is 0 Å². The molecule has 1 unspecified atom stereocenters. The number of hydrogen-bond donors (Lipinski definition) is 2. The van der Waals surface area contributed by atoms with E-state index in [1.54, 1.807) is 13.8 Å². The molecule has 2 rings (SSSR count). The Kier molecular flexibility index (Phi) is 5.83. The van der Waals surface area contributed by atoms with E-state index in [9.17, 15) is 19.3 Å². The number of H-pyrrole nitrogens is 1. The van der Waals surface area contributed by atoms with Crippen molar-refractivity contribution in [2.24, 2.45) is 5.92 Å². The molecule has 0 aliphatic carbocycles. The molecule has 10 heteroatoms. The molecular weight excluding hydrogens is 339 g/mol. The average molecular weight is 362 g/mol. The van der Waals surface area contributed by atoms with Gasteiger partial charge in [0.05, 0.1) is 18.4 Å². The van der Waals surface area contributed by atoms with Gasteiger partial charge >= 0.3 is 13.3 Å². The molecular formula is C14H23N2O7P. The number of nitrogens with zero attached hydrogens (tertiary/aromatic N) is 1. The molecule has 0 radical (unpaired) electrons. The van der Waals surface area contributed by atoms with E-state index >= 15 is 0 Å². The van der Waals surface area contributed by atoms with Crippen LogP contribution in [0.3, 0.4) is 0 Å². The summed E-state index contributed by atoms with van der Waals surface area (Å²) in [6, 6.07) is 0.